The van der Waals surface area contributed by atoms with Crippen LogP contribution < -0.4 is 5.32 Å². The van der Waals surface area contributed by atoms with Crippen molar-refractivity contribution in [2.45, 2.75) is 31.6 Å². The summed E-state index contributed by atoms with van der Waals surface area (Å²) in [7, 11) is 0. The van der Waals surface area contributed by atoms with Gasteiger partial charge in [0, 0.05) is 35.9 Å². The Morgan fingerprint density at radius 2 is 2.11 bits per heavy atom. The Morgan fingerprint density at radius 1 is 1.33 bits per heavy atom. The lowest BCUT2D eigenvalue weighted by atomic mass is 9.86. The van der Waals surface area contributed by atoms with E-state index in [4.69, 9.17) is 16.3 Å². The van der Waals surface area contributed by atoms with Crippen molar-refractivity contribution >= 4 is 17.5 Å². The summed E-state index contributed by atoms with van der Waals surface area (Å²) in [6, 6.07) is 0. The SMILES string of the molecule is O=C(NCC1CCC(F)(F)CC1)C1=C2C(Cl)=CC=CC2C(C2=CCOC2)=C1. The van der Waals surface area contributed by atoms with Gasteiger partial charge in [-0.15, -0.1) is 0 Å². The minimum atomic E-state index is -2.55. The number of carbonyl (C=O) groups is 1. The van der Waals surface area contributed by atoms with Gasteiger partial charge in [-0.05, 0) is 47.6 Å². The van der Waals surface area contributed by atoms with E-state index in [0.29, 0.717) is 43.2 Å². The van der Waals surface area contributed by atoms with Crippen LogP contribution in [0.3, 0.4) is 0 Å². The van der Waals surface area contributed by atoms with Gasteiger partial charge >= 0.3 is 0 Å². The molecule has 4 rings (SSSR count). The zero-order valence-electron chi connectivity index (χ0n) is 14.9. The highest BCUT2D eigenvalue weighted by Crippen LogP contribution is 2.44. The van der Waals surface area contributed by atoms with Gasteiger partial charge in [0.1, 0.15) is 0 Å². The molecule has 4 aliphatic rings. The second-order valence-corrected chi connectivity index (χ2v) is 7.97. The molecule has 6 heteroatoms. The van der Waals surface area contributed by atoms with E-state index in [1.807, 2.05) is 24.3 Å². The van der Waals surface area contributed by atoms with E-state index in [2.05, 4.69) is 5.32 Å². The molecule has 0 saturated heterocycles. The van der Waals surface area contributed by atoms with Crippen LogP contribution in [0.1, 0.15) is 25.7 Å². The first kappa shape index (κ1) is 18.6. The third kappa shape index (κ3) is 3.81. The molecule has 3 nitrogen and oxygen atoms in total. The fraction of sp³-hybridized carbons (Fsp3) is 0.476. The van der Waals surface area contributed by atoms with Crippen LogP contribution in [0.4, 0.5) is 8.78 Å². The van der Waals surface area contributed by atoms with Crippen LogP contribution in [0.5, 0.6) is 0 Å². The quantitative estimate of drug-likeness (QED) is 0.767. The minimum absolute atomic E-state index is 0.0374. The van der Waals surface area contributed by atoms with E-state index < -0.39 is 5.92 Å². The van der Waals surface area contributed by atoms with Gasteiger partial charge in [0.15, 0.2) is 0 Å². The van der Waals surface area contributed by atoms with Crippen LogP contribution in [-0.4, -0.2) is 31.6 Å². The summed E-state index contributed by atoms with van der Waals surface area (Å²) in [6.07, 6.45) is 10.4. The number of amides is 1. The second kappa shape index (κ2) is 7.36. The van der Waals surface area contributed by atoms with Crippen molar-refractivity contribution < 1.29 is 18.3 Å². The van der Waals surface area contributed by atoms with Crippen LogP contribution in [0.15, 0.2) is 57.7 Å². The number of carbonyl (C=O) groups excluding carboxylic acids is 1. The third-order valence-corrected chi connectivity index (χ3v) is 6.08. The molecule has 1 N–H and O–H groups in total. The van der Waals surface area contributed by atoms with Crippen LogP contribution in [0.2, 0.25) is 0 Å². The normalized spacial score (nSPS) is 27.2. The zero-order valence-corrected chi connectivity index (χ0v) is 15.7. The lowest BCUT2D eigenvalue weighted by Crippen LogP contribution is -2.34. The lowest BCUT2D eigenvalue weighted by Gasteiger charge is -2.28. The van der Waals surface area contributed by atoms with Gasteiger partial charge in [-0.2, -0.15) is 0 Å². The zero-order chi connectivity index (χ0) is 19.0. The fourth-order valence-corrected chi connectivity index (χ4v) is 4.46. The molecule has 1 fully saturated rings. The van der Waals surface area contributed by atoms with E-state index >= 15 is 0 Å². The van der Waals surface area contributed by atoms with E-state index in [0.717, 1.165) is 16.7 Å². The number of nitrogens with one attached hydrogen (secondary N) is 1. The highest BCUT2D eigenvalue weighted by molar-refractivity contribution is 6.33. The van der Waals surface area contributed by atoms with Crippen molar-refractivity contribution in [3.63, 3.8) is 0 Å². The summed E-state index contributed by atoms with van der Waals surface area (Å²) in [4.78, 5) is 12.9. The number of ether oxygens (including phenoxy) is 1. The molecule has 1 heterocycles. The summed E-state index contributed by atoms with van der Waals surface area (Å²) in [6.45, 7) is 1.54. The van der Waals surface area contributed by atoms with Crippen molar-refractivity contribution in [2.75, 3.05) is 19.8 Å². The molecule has 1 atom stereocenters. The van der Waals surface area contributed by atoms with Crippen LogP contribution in [0, 0.1) is 11.8 Å². The number of alkyl halides is 2. The van der Waals surface area contributed by atoms with E-state index in [1.165, 1.54) is 0 Å². The first-order chi connectivity index (χ1) is 12.9. The Kier molecular flexibility index (Phi) is 5.08. The van der Waals surface area contributed by atoms with E-state index in [-0.39, 0.29) is 30.6 Å². The molecule has 144 valence electrons. The Labute approximate surface area is 162 Å². The molecular weight excluding hydrogens is 372 g/mol. The molecule has 0 aromatic rings. The van der Waals surface area contributed by atoms with Gasteiger partial charge in [-0.25, -0.2) is 8.78 Å². The Balaban J connectivity index is 1.48. The van der Waals surface area contributed by atoms with Crippen LogP contribution in [0.25, 0.3) is 0 Å². The van der Waals surface area contributed by atoms with E-state index in [9.17, 15) is 13.6 Å². The highest BCUT2D eigenvalue weighted by Gasteiger charge is 2.36. The number of hydrogen-bond donors (Lipinski definition) is 1. The van der Waals surface area contributed by atoms with Crippen LogP contribution in [-0.2, 0) is 9.53 Å². The van der Waals surface area contributed by atoms with Crippen LogP contribution >= 0.6 is 11.6 Å². The van der Waals surface area contributed by atoms with Gasteiger partial charge in [0.2, 0.25) is 5.92 Å². The molecule has 27 heavy (non-hydrogen) atoms. The van der Waals surface area contributed by atoms with Gasteiger partial charge in [0.25, 0.3) is 5.91 Å². The van der Waals surface area contributed by atoms with Gasteiger partial charge < -0.3 is 10.1 Å². The maximum atomic E-state index is 13.3. The first-order valence-corrected chi connectivity index (χ1v) is 9.76. The molecule has 1 saturated carbocycles. The topological polar surface area (TPSA) is 38.3 Å². The second-order valence-electron chi connectivity index (χ2n) is 7.56. The molecule has 1 unspecified atom stereocenters. The third-order valence-electron chi connectivity index (χ3n) is 5.75. The standard InChI is InChI=1S/C21H22ClF2NO2/c22-18-3-1-2-15-16(14-6-9-27-12-14)10-17(19(15)18)20(26)25-11-13-4-7-21(23,24)8-5-13/h1-3,6,10,13,15H,4-5,7-9,11-12H2,(H,25,26). The maximum absolute atomic E-state index is 13.3. The smallest absolute Gasteiger partial charge is 0.251 e. The van der Waals surface area contributed by atoms with Gasteiger partial charge in [-0.1, -0.05) is 29.8 Å². The Hall–Kier alpha value is -1.72. The van der Waals surface area contributed by atoms with E-state index in [1.54, 1.807) is 6.08 Å². The van der Waals surface area contributed by atoms with Crippen molar-refractivity contribution in [2.24, 2.45) is 11.8 Å². The summed E-state index contributed by atoms with van der Waals surface area (Å²) in [5.41, 5.74) is 3.52. The van der Waals surface area contributed by atoms with Gasteiger partial charge in [-0.3, -0.25) is 4.79 Å². The summed E-state index contributed by atoms with van der Waals surface area (Å²) < 4.78 is 32.0. The number of halogens is 3. The largest absolute Gasteiger partial charge is 0.373 e. The fourth-order valence-electron chi connectivity index (χ4n) is 4.17. The Bertz CT molecular complexity index is 797. The monoisotopic (exact) mass is 393 g/mol. The lowest BCUT2D eigenvalue weighted by molar-refractivity contribution is -0.117. The van der Waals surface area contributed by atoms with Crippen molar-refractivity contribution in [1.29, 1.82) is 0 Å². The average molecular weight is 394 g/mol. The molecule has 0 aromatic carbocycles. The van der Waals surface area contributed by atoms with Crippen molar-refractivity contribution in [3.8, 4) is 0 Å². The van der Waals surface area contributed by atoms with Crippen molar-refractivity contribution in [1.82, 2.24) is 5.32 Å². The molecular formula is C21H22ClF2NO2. The number of rotatable bonds is 4. The number of hydrogen-bond acceptors (Lipinski definition) is 2. The number of fused-ring (bicyclic) bond motifs is 1. The molecule has 0 radical (unpaired) electrons. The molecule has 0 spiro atoms. The predicted molar refractivity (Wildman–Crippen MR) is 100 cm³/mol. The maximum Gasteiger partial charge on any atom is 0.251 e. The molecule has 1 aliphatic heterocycles. The minimum Gasteiger partial charge on any atom is -0.373 e. The number of allylic oxidation sites excluding steroid dienone is 5. The Morgan fingerprint density at radius 3 is 2.81 bits per heavy atom. The summed E-state index contributed by atoms with van der Waals surface area (Å²) in [5, 5.41) is 3.50. The average Bonchev–Trinajstić information content (AvgIpc) is 3.28. The molecule has 1 amide bonds. The first-order valence-electron chi connectivity index (χ1n) is 9.38. The highest BCUT2D eigenvalue weighted by atomic mass is 35.5. The molecule has 0 bridgehead atoms. The summed E-state index contributed by atoms with van der Waals surface area (Å²) >= 11 is 6.41. The molecule has 3 aliphatic carbocycles. The van der Waals surface area contributed by atoms with Crippen molar-refractivity contribution in [3.05, 3.63) is 57.7 Å². The predicted octanol–water partition coefficient (Wildman–Crippen LogP) is 4.43. The summed E-state index contributed by atoms with van der Waals surface area (Å²) in [5.74, 6) is -2.68. The molecule has 0 aromatic heterocycles. The van der Waals surface area contributed by atoms with Gasteiger partial charge in [0.05, 0.1) is 13.2 Å².